The van der Waals surface area contributed by atoms with Gasteiger partial charge in [0.2, 0.25) is 0 Å². The maximum absolute atomic E-state index is 5.40. The highest BCUT2D eigenvalue weighted by atomic mass is 16.5. The number of benzene rings is 1. The molecule has 3 rings (SSSR count). The molecule has 3 atom stereocenters. The van der Waals surface area contributed by atoms with Crippen molar-refractivity contribution in [3.63, 3.8) is 0 Å². The number of rotatable bonds is 5. The molecule has 1 saturated heterocycles. The first-order valence-corrected chi connectivity index (χ1v) is 8.35. The molecule has 1 aliphatic heterocycles. The van der Waals surface area contributed by atoms with E-state index in [1.54, 1.807) is 7.11 Å². The summed E-state index contributed by atoms with van der Waals surface area (Å²) in [5.41, 5.74) is 2.92. The molecule has 116 valence electrons. The van der Waals surface area contributed by atoms with Gasteiger partial charge in [-0.15, -0.1) is 0 Å². The summed E-state index contributed by atoms with van der Waals surface area (Å²) in [6.07, 6.45) is 5.24. The molecule has 1 heterocycles. The zero-order chi connectivity index (χ0) is 14.8. The Hall–Kier alpha value is -1.06. The molecule has 3 heteroatoms. The third-order valence-electron chi connectivity index (χ3n) is 5.30. The van der Waals surface area contributed by atoms with Crippen molar-refractivity contribution in [2.45, 2.75) is 44.7 Å². The Morgan fingerprint density at radius 2 is 2.24 bits per heavy atom. The summed E-state index contributed by atoms with van der Waals surface area (Å²) >= 11 is 0. The number of methoxy groups -OCH3 is 1. The molecule has 3 unspecified atom stereocenters. The molecule has 21 heavy (non-hydrogen) atoms. The van der Waals surface area contributed by atoms with E-state index in [9.17, 15) is 0 Å². The van der Waals surface area contributed by atoms with Crippen molar-refractivity contribution in [3.05, 3.63) is 29.3 Å². The van der Waals surface area contributed by atoms with Crippen LogP contribution in [0.5, 0.6) is 5.75 Å². The molecular formula is C18H28N2O. The standard InChI is InChI=1S/C18H28N2O/c1-4-5-13-8-9-20(12-13)17-10-14-6-7-15(21-3)11-16(14)18(17)19-2/h6-7,11,13,17-19H,4-5,8-10,12H2,1-3H3. The molecule has 1 aromatic carbocycles. The molecule has 0 bridgehead atoms. The lowest BCUT2D eigenvalue weighted by Gasteiger charge is -2.29. The second-order valence-corrected chi connectivity index (χ2v) is 6.54. The molecule has 1 aromatic rings. The summed E-state index contributed by atoms with van der Waals surface area (Å²) < 4.78 is 5.40. The van der Waals surface area contributed by atoms with Gasteiger partial charge in [0.1, 0.15) is 5.75 Å². The number of likely N-dealkylation sites (tertiary alicyclic amines) is 1. The monoisotopic (exact) mass is 288 g/mol. The first kappa shape index (κ1) is 14.9. The van der Waals surface area contributed by atoms with Gasteiger partial charge in [-0.25, -0.2) is 0 Å². The lowest BCUT2D eigenvalue weighted by atomic mass is 10.0. The van der Waals surface area contributed by atoms with Crippen molar-refractivity contribution in [2.75, 3.05) is 27.2 Å². The number of hydrogen-bond acceptors (Lipinski definition) is 3. The molecule has 0 amide bonds. The van der Waals surface area contributed by atoms with Gasteiger partial charge in [-0.2, -0.15) is 0 Å². The molecule has 1 N–H and O–H groups in total. The fourth-order valence-electron chi connectivity index (χ4n) is 4.22. The van der Waals surface area contributed by atoms with Gasteiger partial charge in [0.05, 0.1) is 7.11 Å². The summed E-state index contributed by atoms with van der Waals surface area (Å²) in [4.78, 5) is 2.72. The van der Waals surface area contributed by atoms with Crippen LogP contribution in [0, 0.1) is 5.92 Å². The van der Waals surface area contributed by atoms with Crippen LogP contribution in [0.1, 0.15) is 43.4 Å². The van der Waals surface area contributed by atoms with E-state index in [-0.39, 0.29) is 0 Å². The van der Waals surface area contributed by atoms with Gasteiger partial charge >= 0.3 is 0 Å². The predicted octanol–water partition coefficient (Wildman–Crippen LogP) is 3.00. The zero-order valence-electron chi connectivity index (χ0n) is 13.6. The fraction of sp³-hybridized carbons (Fsp3) is 0.667. The first-order chi connectivity index (χ1) is 10.3. The summed E-state index contributed by atoms with van der Waals surface area (Å²) in [6.45, 7) is 4.84. The zero-order valence-corrected chi connectivity index (χ0v) is 13.6. The molecule has 1 fully saturated rings. The third kappa shape index (κ3) is 2.82. The van der Waals surface area contributed by atoms with Crippen LogP contribution in [-0.4, -0.2) is 38.2 Å². The number of likely N-dealkylation sites (N-methyl/N-ethyl adjacent to an activating group) is 1. The molecular weight excluding hydrogens is 260 g/mol. The van der Waals surface area contributed by atoms with E-state index in [2.05, 4.69) is 42.4 Å². The second kappa shape index (κ2) is 6.37. The fourth-order valence-corrected chi connectivity index (χ4v) is 4.22. The Kier molecular flexibility index (Phi) is 4.51. The normalized spacial score (nSPS) is 28.8. The molecule has 0 saturated carbocycles. The van der Waals surface area contributed by atoms with E-state index in [0.717, 1.165) is 11.7 Å². The van der Waals surface area contributed by atoms with Gasteiger partial charge in [-0.3, -0.25) is 4.90 Å². The van der Waals surface area contributed by atoms with E-state index in [1.165, 1.54) is 49.9 Å². The van der Waals surface area contributed by atoms with Crippen LogP contribution in [0.25, 0.3) is 0 Å². The lowest BCUT2D eigenvalue weighted by molar-refractivity contribution is 0.200. The minimum Gasteiger partial charge on any atom is -0.497 e. The van der Waals surface area contributed by atoms with Crippen molar-refractivity contribution in [3.8, 4) is 5.75 Å². The molecule has 3 nitrogen and oxygen atoms in total. The van der Waals surface area contributed by atoms with Gasteiger partial charge in [-0.05, 0) is 62.0 Å². The third-order valence-corrected chi connectivity index (χ3v) is 5.30. The van der Waals surface area contributed by atoms with E-state index in [0.29, 0.717) is 12.1 Å². The first-order valence-electron chi connectivity index (χ1n) is 8.35. The van der Waals surface area contributed by atoms with Gasteiger partial charge < -0.3 is 10.1 Å². The summed E-state index contributed by atoms with van der Waals surface area (Å²) in [6, 6.07) is 7.61. The Morgan fingerprint density at radius 3 is 2.95 bits per heavy atom. The van der Waals surface area contributed by atoms with Gasteiger partial charge in [0.25, 0.3) is 0 Å². The molecule has 0 spiro atoms. The van der Waals surface area contributed by atoms with Crippen LogP contribution >= 0.6 is 0 Å². The second-order valence-electron chi connectivity index (χ2n) is 6.54. The lowest BCUT2D eigenvalue weighted by Crippen LogP contribution is -2.40. The Morgan fingerprint density at radius 1 is 1.38 bits per heavy atom. The van der Waals surface area contributed by atoms with Crippen molar-refractivity contribution < 1.29 is 4.74 Å². The van der Waals surface area contributed by atoms with Crippen molar-refractivity contribution in [1.29, 1.82) is 0 Å². The Labute approximate surface area is 128 Å². The number of nitrogens with zero attached hydrogens (tertiary/aromatic N) is 1. The average molecular weight is 288 g/mol. The van der Waals surface area contributed by atoms with Gasteiger partial charge in [0.15, 0.2) is 0 Å². The highest BCUT2D eigenvalue weighted by molar-refractivity contribution is 5.42. The summed E-state index contributed by atoms with van der Waals surface area (Å²) in [5.74, 6) is 1.88. The van der Waals surface area contributed by atoms with Crippen LogP contribution in [0.2, 0.25) is 0 Å². The van der Waals surface area contributed by atoms with Gasteiger partial charge in [-0.1, -0.05) is 19.4 Å². The van der Waals surface area contributed by atoms with Crippen LogP contribution in [-0.2, 0) is 6.42 Å². The molecule has 1 aliphatic carbocycles. The maximum Gasteiger partial charge on any atom is 0.119 e. The van der Waals surface area contributed by atoms with Crippen LogP contribution < -0.4 is 10.1 Å². The van der Waals surface area contributed by atoms with Crippen LogP contribution in [0.15, 0.2) is 18.2 Å². The van der Waals surface area contributed by atoms with E-state index in [4.69, 9.17) is 4.74 Å². The van der Waals surface area contributed by atoms with Crippen molar-refractivity contribution >= 4 is 0 Å². The molecule has 0 aromatic heterocycles. The largest absolute Gasteiger partial charge is 0.497 e. The average Bonchev–Trinajstić information content (AvgIpc) is 3.10. The minimum absolute atomic E-state index is 0.440. The number of nitrogens with one attached hydrogen (secondary N) is 1. The van der Waals surface area contributed by atoms with Crippen molar-refractivity contribution in [2.24, 2.45) is 5.92 Å². The Balaban J connectivity index is 1.76. The highest BCUT2D eigenvalue weighted by Crippen LogP contribution is 2.38. The maximum atomic E-state index is 5.40. The van der Waals surface area contributed by atoms with E-state index >= 15 is 0 Å². The summed E-state index contributed by atoms with van der Waals surface area (Å²) in [5, 5.41) is 3.55. The quantitative estimate of drug-likeness (QED) is 0.901. The molecule has 0 radical (unpaired) electrons. The summed E-state index contributed by atoms with van der Waals surface area (Å²) in [7, 11) is 3.84. The number of hydrogen-bond donors (Lipinski definition) is 1. The number of ether oxygens (including phenoxy) is 1. The van der Waals surface area contributed by atoms with Crippen molar-refractivity contribution in [1.82, 2.24) is 10.2 Å². The predicted molar refractivity (Wildman–Crippen MR) is 86.9 cm³/mol. The van der Waals surface area contributed by atoms with Crippen LogP contribution in [0.4, 0.5) is 0 Å². The van der Waals surface area contributed by atoms with Gasteiger partial charge in [0, 0.05) is 18.6 Å². The minimum atomic E-state index is 0.440. The van der Waals surface area contributed by atoms with E-state index < -0.39 is 0 Å². The Bertz CT molecular complexity index is 488. The number of fused-ring (bicyclic) bond motifs is 1. The molecule has 2 aliphatic rings. The van der Waals surface area contributed by atoms with E-state index in [1.807, 2.05) is 0 Å². The SMILES string of the molecule is CCCC1CCN(C2Cc3ccc(OC)cc3C2NC)C1. The van der Waals surface area contributed by atoms with Crippen LogP contribution in [0.3, 0.4) is 0 Å². The highest BCUT2D eigenvalue weighted by Gasteiger charge is 2.38. The smallest absolute Gasteiger partial charge is 0.119 e. The topological polar surface area (TPSA) is 24.5 Å².